The molecule has 6 rings (SSSR count). The monoisotopic (exact) mass is 626 g/mol. The lowest BCUT2D eigenvalue weighted by Crippen LogP contribution is -2.51. The molecule has 1 fully saturated rings. The first-order valence-corrected chi connectivity index (χ1v) is 15.2. The molecular weight excluding hydrogens is 595 g/mol. The molecule has 3 aromatic carbocycles. The van der Waals surface area contributed by atoms with E-state index in [0.717, 1.165) is 26.9 Å². The lowest BCUT2D eigenvalue weighted by molar-refractivity contribution is 0.0592. The summed E-state index contributed by atoms with van der Waals surface area (Å²) in [6.07, 6.45) is 3.40. The third-order valence-electron chi connectivity index (χ3n) is 8.71. The number of carbonyl (C=O) groups excluding carboxylic acids is 2. The largest absolute Gasteiger partial charge is 0.507 e. The second kappa shape index (κ2) is 12.0. The van der Waals surface area contributed by atoms with Crippen molar-refractivity contribution in [1.82, 2.24) is 0 Å². The van der Waals surface area contributed by atoms with Gasteiger partial charge >= 0.3 is 7.12 Å². The van der Waals surface area contributed by atoms with Crippen molar-refractivity contribution in [3.63, 3.8) is 0 Å². The number of phenolic OH excluding ortho intramolecular Hbond substituents is 1. The van der Waals surface area contributed by atoms with Crippen LogP contribution in [0.25, 0.3) is 6.08 Å². The first kappa shape index (κ1) is 28.7. The molecule has 8 heteroatoms. The molecular formula is C34H32BBrO6. The first-order valence-electron chi connectivity index (χ1n) is 14.4. The van der Waals surface area contributed by atoms with Gasteiger partial charge in [-0.3, -0.25) is 9.59 Å². The number of hydrogen-bond donors (Lipinski definition) is 2. The predicted octanol–water partition coefficient (Wildman–Crippen LogP) is 6.92. The summed E-state index contributed by atoms with van der Waals surface area (Å²) >= 11 is 3.46. The minimum absolute atomic E-state index is 0.0170. The summed E-state index contributed by atoms with van der Waals surface area (Å²) in [7, 11) is -1.04. The Balaban J connectivity index is 1.34. The molecule has 2 N–H and O–H groups in total. The number of allylic oxidation sites excluding steroid dienone is 1. The summed E-state index contributed by atoms with van der Waals surface area (Å²) in [5.74, 6) is -0.492. The number of rotatable bonds is 7. The molecule has 0 saturated carbocycles. The van der Waals surface area contributed by atoms with E-state index in [1.54, 1.807) is 36.4 Å². The average Bonchev–Trinajstić information content (AvgIpc) is 2.99. The van der Waals surface area contributed by atoms with Crippen molar-refractivity contribution in [2.45, 2.75) is 38.6 Å². The van der Waals surface area contributed by atoms with Gasteiger partial charge in [0, 0.05) is 33.0 Å². The van der Waals surface area contributed by atoms with E-state index in [1.165, 1.54) is 0 Å². The van der Waals surface area contributed by atoms with Gasteiger partial charge in [0.05, 0.1) is 6.10 Å². The highest BCUT2D eigenvalue weighted by atomic mass is 79.9. The van der Waals surface area contributed by atoms with Crippen molar-refractivity contribution in [1.29, 1.82) is 0 Å². The molecule has 0 spiro atoms. The van der Waals surface area contributed by atoms with Gasteiger partial charge in [-0.25, -0.2) is 0 Å². The molecule has 3 aliphatic rings. The standard InChI is InChI=1S/C34H32BBrO6/c1-20(15-21-16-23(36)12-13-29(21)37)11-14-30-31-22(19-41-24-7-3-2-4-8-24)17-27-32(28(31)18-35(40)42-30)34(39)26-10-6-5-9-25(26)33(27)38/h2-10,12-13,15-16,27-28,30,32,37,40H,11,14,17-19H2,1H3/b20-15+/t27-,28+,30-,32-/m1/s1. The van der Waals surface area contributed by atoms with Crippen molar-refractivity contribution in [3.8, 4) is 11.5 Å². The van der Waals surface area contributed by atoms with Crippen LogP contribution in [0.15, 0.2) is 94.0 Å². The van der Waals surface area contributed by atoms with Gasteiger partial charge in [0.15, 0.2) is 11.6 Å². The van der Waals surface area contributed by atoms with Crippen LogP contribution in [0.5, 0.6) is 11.5 Å². The Bertz CT molecular complexity index is 1580. The molecule has 42 heavy (non-hydrogen) atoms. The fourth-order valence-corrected chi connectivity index (χ4v) is 7.20. The minimum Gasteiger partial charge on any atom is -0.507 e. The van der Waals surface area contributed by atoms with Crippen molar-refractivity contribution >= 4 is 40.7 Å². The number of ketones is 2. The van der Waals surface area contributed by atoms with Crippen LogP contribution in [0.1, 0.15) is 52.5 Å². The molecule has 4 atom stereocenters. The minimum atomic E-state index is -1.04. The van der Waals surface area contributed by atoms with E-state index in [1.807, 2.05) is 49.4 Å². The van der Waals surface area contributed by atoms with Crippen LogP contribution < -0.4 is 4.74 Å². The van der Waals surface area contributed by atoms with Crippen molar-refractivity contribution in [2.24, 2.45) is 17.8 Å². The number of aromatic hydroxyl groups is 1. The second-order valence-corrected chi connectivity index (χ2v) is 12.3. The molecule has 0 aromatic heterocycles. The Hall–Kier alpha value is -3.46. The van der Waals surface area contributed by atoms with Crippen LogP contribution in [0.4, 0.5) is 0 Å². The van der Waals surface area contributed by atoms with E-state index in [9.17, 15) is 19.7 Å². The number of benzene rings is 3. The Labute approximate surface area is 254 Å². The van der Waals surface area contributed by atoms with Gasteiger partial charge in [0.25, 0.3) is 0 Å². The lowest BCUT2D eigenvalue weighted by Gasteiger charge is -2.47. The molecule has 214 valence electrons. The van der Waals surface area contributed by atoms with Crippen molar-refractivity contribution in [3.05, 3.63) is 111 Å². The Kier molecular flexibility index (Phi) is 8.21. The van der Waals surface area contributed by atoms with Gasteiger partial charge < -0.3 is 19.5 Å². The third kappa shape index (κ3) is 5.63. The van der Waals surface area contributed by atoms with Crippen molar-refractivity contribution in [2.75, 3.05) is 6.61 Å². The summed E-state index contributed by atoms with van der Waals surface area (Å²) in [4.78, 5) is 27.7. The molecule has 3 aromatic rings. The van der Waals surface area contributed by atoms with Crippen LogP contribution in [-0.2, 0) is 4.65 Å². The molecule has 6 nitrogen and oxygen atoms in total. The molecule has 0 unspecified atom stereocenters. The normalized spacial score (nSPS) is 23.8. The van der Waals surface area contributed by atoms with Crippen LogP contribution >= 0.6 is 15.9 Å². The third-order valence-corrected chi connectivity index (χ3v) is 9.20. The van der Waals surface area contributed by atoms with Gasteiger partial charge in [-0.05, 0) is 79.9 Å². The van der Waals surface area contributed by atoms with Crippen LogP contribution in [0.3, 0.4) is 0 Å². The smallest absolute Gasteiger partial charge is 0.455 e. The van der Waals surface area contributed by atoms with E-state index in [0.29, 0.717) is 36.0 Å². The van der Waals surface area contributed by atoms with E-state index in [2.05, 4.69) is 15.9 Å². The molecule has 1 saturated heterocycles. The summed E-state index contributed by atoms with van der Waals surface area (Å²) in [6.45, 7) is 2.28. The number of Topliss-reactive ketones (excluding diaryl/α,β-unsaturated/α-hetero) is 2. The Morgan fingerprint density at radius 2 is 1.74 bits per heavy atom. The van der Waals surface area contributed by atoms with E-state index >= 15 is 0 Å². The average molecular weight is 627 g/mol. The number of hydrogen-bond acceptors (Lipinski definition) is 6. The summed E-state index contributed by atoms with van der Waals surface area (Å²) in [5, 5.41) is 21.2. The van der Waals surface area contributed by atoms with Crippen molar-refractivity contribution < 1.29 is 29.1 Å². The van der Waals surface area contributed by atoms with Gasteiger partial charge in [-0.15, -0.1) is 0 Å². The summed E-state index contributed by atoms with van der Waals surface area (Å²) < 4.78 is 13.2. The van der Waals surface area contributed by atoms with Crippen LogP contribution in [0, 0.1) is 17.8 Å². The van der Waals surface area contributed by atoms with Gasteiger partial charge in [-0.2, -0.15) is 0 Å². The first-order chi connectivity index (χ1) is 20.3. The Morgan fingerprint density at radius 1 is 1.02 bits per heavy atom. The molecule has 0 amide bonds. The zero-order valence-corrected chi connectivity index (χ0v) is 24.9. The highest BCUT2D eigenvalue weighted by Gasteiger charge is 2.53. The fourth-order valence-electron chi connectivity index (χ4n) is 6.83. The van der Waals surface area contributed by atoms with Crippen LogP contribution in [-0.4, -0.2) is 41.5 Å². The molecule has 1 aliphatic heterocycles. The number of carbonyl (C=O) groups is 2. The van der Waals surface area contributed by atoms with Crippen LogP contribution in [0.2, 0.25) is 6.32 Å². The number of phenols is 1. The molecule has 2 aliphatic carbocycles. The molecule has 0 bridgehead atoms. The SMILES string of the molecule is C/C(=C\c1cc(Br)ccc1O)CC[C@H]1OB(O)C[C@H]2C1=C(COc1ccccc1)C[C@H]1C(=O)c3ccccc3C(=O)[C@H]12. The lowest BCUT2D eigenvalue weighted by atomic mass is 9.54. The number of para-hydroxylation sites is 1. The topological polar surface area (TPSA) is 93.1 Å². The highest BCUT2D eigenvalue weighted by Crippen LogP contribution is 2.51. The number of fused-ring (bicyclic) bond motifs is 4. The maximum absolute atomic E-state index is 13.9. The summed E-state index contributed by atoms with van der Waals surface area (Å²) in [6, 6.07) is 21.9. The van der Waals surface area contributed by atoms with E-state index in [4.69, 9.17) is 9.39 Å². The van der Waals surface area contributed by atoms with E-state index < -0.39 is 25.1 Å². The van der Waals surface area contributed by atoms with E-state index in [-0.39, 0.29) is 36.2 Å². The summed E-state index contributed by atoms with van der Waals surface area (Å²) in [5.41, 5.74) is 4.65. The zero-order chi connectivity index (χ0) is 29.4. The fraction of sp³-hybridized carbons (Fsp3) is 0.294. The predicted molar refractivity (Wildman–Crippen MR) is 165 cm³/mol. The molecule has 1 heterocycles. The number of ether oxygens (including phenoxy) is 1. The van der Waals surface area contributed by atoms with Gasteiger partial charge in [0.2, 0.25) is 0 Å². The number of halogens is 1. The van der Waals surface area contributed by atoms with Gasteiger partial charge in [0.1, 0.15) is 18.1 Å². The molecule has 0 radical (unpaired) electrons. The Morgan fingerprint density at radius 3 is 2.50 bits per heavy atom. The second-order valence-electron chi connectivity index (χ2n) is 11.4. The highest BCUT2D eigenvalue weighted by molar-refractivity contribution is 9.10. The maximum atomic E-state index is 13.9. The maximum Gasteiger partial charge on any atom is 0.455 e. The zero-order valence-electron chi connectivity index (χ0n) is 23.3. The van der Waals surface area contributed by atoms with Gasteiger partial charge in [-0.1, -0.05) is 70.0 Å². The quantitative estimate of drug-likeness (QED) is 0.218.